The van der Waals surface area contributed by atoms with Crippen LogP contribution in [-0.4, -0.2) is 19.5 Å². The lowest BCUT2D eigenvalue weighted by molar-refractivity contribution is -0.133. The summed E-state index contributed by atoms with van der Waals surface area (Å²) in [4.78, 5) is 12.1. The first-order valence-electron chi connectivity index (χ1n) is 6.99. The molecule has 20 heavy (non-hydrogen) atoms. The van der Waals surface area contributed by atoms with Gasteiger partial charge in [-0.25, -0.2) is 8.42 Å². The quantitative estimate of drug-likeness (QED) is 0.908. The van der Waals surface area contributed by atoms with Crippen molar-refractivity contribution in [3.8, 4) is 0 Å². The number of fused-ring (bicyclic) bond motifs is 1. The van der Waals surface area contributed by atoms with Crippen molar-refractivity contribution >= 4 is 15.9 Å². The van der Waals surface area contributed by atoms with Gasteiger partial charge in [0.05, 0.1) is 0 Å². The molecule has 0 spiro atoms. The van der Waals surface area contributed by atoms with Crippen LogP contribution in [0.25, 0.3) is 0 Å². The van der Waals surface area contributed by atoms with E-state index >= 15 is 0 Å². The summed E-state index contributed by atoms with van der Waals surface area (Å²) in [5, 5.41) is 3.55. The monoisotopic (exact) mass is 298 g/mol. The van der Waals surface area contributed by atoms with E-state index in [0.717, 1.165) is 19.3 Å². The molecule has 1 heterocycles. The summed E-state index contributed by atoms with van der Waals surface area (Å²) in [6.45, 7) is 0. The summed E-state index contributed by atoms with van der Waals surface area (Å²) < 4.78 is 30.6. The first kappa shape index (κ1) is 13.6. The molecule has 0 radical (unpaired) electrons. The fraction of sp³-hybridized carbons (Fsp3) is 0.692. The van der Waals surface area contributed by atoms with E-state index in [-0.39, 0.29) is 17.6 Å². The van der Waals surface area contributed by atoms with Gasteiger partial charge in [0.15, 0.2) is 0 Å². The molecule has 0 bridgehead atoms. The Balaban J connectivity index is 1.58. The van der Waals surface area contributed by atoms with E-state index in [1.165, 1.54) is 25.2 Å². The van der Waals surface area contributed by atoms with Crippen LogP contribution < -0.4 is 4.72 Å². The Bertz CT molecular complexity index is 582. The average Bonchev–Trinajstić information content (AvgIpc) is 2.81. The molecule has 1 aromatic heterocycles. The molecule has 6 nitrogen and oxygen atoms in total. The van der Waals surface area contributed by atoms with Gasteiger partial charge < -0.3 is 4.52 Å². The minimum absolute atomic E-state index is 0.132. The predicted molar refractivity (Wildman–Crippen MR) is 70.8 cm³/mol. The van der Waals surface area contributed by atoms with Gasteiger partial charge in [-0.2, -0.15) is 0 Å². The van der Waals surface area contributed by atoms with E-state index in [1.54, 1.807) is 0 Å². The fourth-order valence-electron chi connectivity index (χ4n) is 3.44. The molecule has 0 unspecified atom stereocenters. The van der Waals surface area contributed by atoms with Crippen molar-refractivity contribution in [1.82, 2.24) is 9.88 Å². The van der Waals surface area contributed by atoms with Gasteiger partial charge in [0.1, 0.15) is 17.7 Å². The number of aromatic nitrogens is 1. The summed E-state index contributed by atoms with van der Waals surface area (Å²) >= 11 is 0. The number of carbonyl (C=O) groups is 1. The maximum absolute atomic E-state index is 12.1. The van der Waals surface area contributed by atoms with E-state index in [0.29, 0.717) is 17.5 Å². The molecule has 1 aromatic rings. The van der Waals surface area contributed by atoms with Crippen molar-refractivity contribution in [3.05, 3.63) is 18.0 Å². The largest absolute Gasteiger partial charge is 0.364 e. The fourth-order valence-corrected chi connectivity index (χ4v) is 4.51. The zero-order valence-corrected chi connectivity index (χ0v) is 11.9. The molecule has 1 amide bonds. The number of hydrogen-bond donors (Lipinski definition) is 1. The first-order chi connectivity index (χ1) is 9.55. The molecule has 2 aliphatic rings. The van der Waals surface area contributed by atoms with Gasteiger partial charge in [-0.15, -0.1) is 0 Å². The lowest BCUT2D eigenvalue weighted by Crippen LogP contribution is -2.49. The Hall–Kier alpha value is -1.37. The van der Waals surface area contributed by atoms with Crippen LogP contribution in [0.15, 0.2) is 16.9 Å². The number of hydrogen-bond acceptors (Lipinski definition) is 5. The molecule has 0 aliphatic heterocycles. The number of carbonyl (C=O) groups excluding carboxylic acids is 1. The van der Waals surface area contributed by atoms with Crippen molar-refractivity contribution in [2.24, 2.45) is 17.8 Å². The maximum atomic E-state index is 12.1. The van der Waals surface area contributed by atoms with Gasteiger partial charge in [0, 0.05) is 12.0 Å². The molecule has 7 heteroatoms. The van der Waals surface area contributed by atoms with Crippen molar-refractivity contribution in [1.29, 1.82) is 0 Å². The number of nitrogens with one attached hydrogen (secondary N) is 1. The third-order valence-corrected chi connectivity index (χ3v) is 5.65. The van der Waals surface area contributed by atoms with Crippen LogP contribution in [0, 0.1) is 17.8 Å². The van der Waals surface area contributed by atoms with Gasteiger partial charge in [-0.1, -0.05) is 24.4 Å². The Kier molecular flexibility index (Phi) is 3.54. The Morgan fingerprint density at radius 1 is 1.40 bits per heavy atom. The third-order valence-electron chi connectivity index (χ3n) is 4.46. The van der Waals surface area contributed by atoms with Crippen molar-refractivity contribution in [3.63, 3.8) is 0 Å². The molecule has 1 N–H and O–H groups in total. The van der Waals surface area contributed by atoms with Crippen LogP contribution in [0.2, 0.25) is 0 Å². The topological polar surface area (TPSA) is 89.3 Å². The molecule has 110 valence electrons. The molecule has 2 aliphatic carbocycles. The lowest BCUT2D eigenvalue weighted by Gasteiger charge is -2.46. The van der Waals surface area contributed by atoms with Gasteiger partial charge in [-0.05, 0) is 24.7 Å². The molecule has 3 rings (SSSR count). The maximum Gasteiger partial charge on any atom is 0.240 e. The third kappa shape index (κ3) is 2.72. The summed E-state index contributed by atoms with van der Waals surface area (Å²) in [6, 6.07) is 1.48. The molecule has 0 saturated heterocycles. The lowest BCUT2D eigenvalue weighted by atomic mass is 9.58. The van der Waals surface area contributed by atoms with Crippen LogP contribution >= 0.6 is 0 Å². The minimum Gasteiger partial charge on any atom is -0.364 e. The average molecular weight is 298 g/mol. The van der Waals surface area contributed by atoms with Crippen LogP contribution in [0.3, 0.4) is 0 Å². The molecule has 2 fully saturated rings. The Morgan fingerprint density at radius 2 is 2.20 bits per heavy atom. The predicted octanol–water partition coefficient (Wildman–Crippen LogP) is 1.45. The van der Waals surface area contributed by atoms with E-state index in [4.69, 9.17) is 0 Å². The van der Waals surface area contributed by atoms with Crippen LogP contribution in [0.1, 0.15) is 37.8 Å². The van der Waals surface area contributed by atoms with Gasteiger partial charge >= 0.3 is 0 Å². The number of nitrogens with zero attached hydrogens (tertiary/aromatic N) is 1. The summed E-state index contributed by atoms with van der Waals surface area (Å²) in [5.74, 6) is 0.198. The summed E-state index contributed by atoms with van der Waals surface area (Å²) in [7, 11) is -3.68. The molecule has 2 saturated carbocycles. The van der Waals surface area contributed by atoms with Gasteiger partial charge in [0.25, 0.3) is 0 Å². The van der Waals surface area contributed by atoms with Crippen LogP contribution in [0.5, 0.6) is 0 Å². The highest BCUT2D eigenvalue weighted by Gasteiger charge is 2.46. The van der Waals surface area contributed by atoms with Crippen molar-refractivity contribution in [2.75, 3.05) is 0 Å². The van der Waals surface area contributed by atoms with E-state index in [9.17, 15) is 13.2 Å². The SMILES string of the molecule is O=C(NS(=O)(=O)Cc1ccon1)[C@@H]1C[C@@H]2CCCC[C@@H]21. The van der Waals surface area contributed by atoms with Crippen molar-refractivity contribution in [2.45, 2.75) is 37.9 Å². The Labute approximate surface area is 118 Å². The normalized spacial score (nSPS) is 29.3. The molecule has 0 aromatic carbocycles. The highest BCUT2D eigenvalue weighted by atomic mass is 32.2. The Morgan fingerprint density at radius 3 is 2.90 bits per heavy atom. The van der Waals surface area contributed by atoms with E-state index < -0.39 is 10.0 Å². The zero-order chi connectivity index (χ0) is 14.2. The van der Waals surface area contributed by atoms with Crippen molar-refractivity contribution < 1.29 is 17.7 Å². The molecular formula is C13H18N2O4S. The van der Waals surface area contributed by atoms with Gasteiger partial charge in [-0.3, -0.25) is 9.52 Å². The second kappa shape index (κ2) is 5.20. The number of rotatable bonds is 4. The zero-order valence-electron chi connectivity index (χ0n) is 11.1. The standard InChI is InChI=1S/C13H18N2O4S/c16-13(12-7-9-3-1-2-4-11(9)12)15-20(17,18)8-10-5-6-19-14-10/h5-6,9,11-12H,1-4,7-8H2,(H,15,16)/t9-,11-,12+/m0/s1. The first-order valence-corrected chi connectivity index (χ1v) is 8.64. The summed E-state index contributed by atoms with van der Waals surface area (Å²) in [6.07, 6.45) is 6.75. The minimum atomic E-state index is -3.68. The summed E-state index contributed by atoms with van der Waals surface area (Å²) in [5.41, 5.74) is 0.300. The smallest absolute Gasteiger partial charge is 0.240 e. The van der Waals surface area contributed by atoms with E-state index in [2.05, 4.69) is 14.4 Å². The number of amides is 1. The highest BCUT2D eigenvalue weighted by Crippen LogP contribution is 2.49. The van der Waals surface area contributed by atoms with Crippen LogP contribution in [0.4, 0.5) is 0 Å². The second-order valence-electron chi connectivity index (χ2n) is 5.77. The second-order valence-corrected chi connectivity index (χ2v) is 7.49. The van der Waals surface area contributed by atoms with Crippen LogP contribution in [-0.2, 0) is 20.6 Å². The number of sulfonamides is 1. The molecule has 3 atom stereocenters. The van der Waals surface area contributed by atoms with E-state index in [1.807, 2.05) is 0 Å². The van der Waals surface area contributed by atoms with Gasteiger partial charge in [0.2, 0.25) is 15.9 Å². The highest BCUT2D eigenvalue weighted by molar-refractivity contribution is 7.89. The molecular weight excluding hydrogens is 280 g/mol.